The number of carbonyl (C=O) groups excluding carboxylic acids is 2. The van der Waals surface area contributed by atoms with E-state index in [0.717, 1.165) is 30.8 Å². The number of halogens is 1. The SMILES string of the molecule is CC(=O)N(c1nc(COC(=O)c2ccc(OCC3CCCO3)cc2)cs1)c1ccccc1F. The van der Waals surface area contributed by atoms with Gasteiger partial charge in [0.25, 0.3) is 0 Å². The van der Waals surface area contributed by atoms with Crippen LogP contribution < -0.4 is 9.64 Å². The van der Waals surface area contributed by atoms with Gasteiger partial charge < -0.3 is 14.2 Å². The normalized spacial score (nSPS) is 15.3. The Bertz CT molecular complexity index is 1110. The predicted molar refractivity (Wildman–Crippen MR) is 121 cm³/mol. The molecule has 1 aliphatic rings. The molecule has 1 amide bonds. The second-order valence-corrected chi connectivity index (χ2v) is 8.31. The smallest absolute Gasteiger partial charge is 0.338 e. The molecule has 0 aliphatic carbocycles. The Kier molecular flexibility index (Phi) is 7.31. The minimum absolute atomic E-state index is 0.0738. The highest BCUT2D eigenvalue weighted by Crippen LogP contribution is 2.31. The van der Waals surface area contributed by atoms with Crippen LogP contribution in [0.15, 0.2) is 53.9 Å². The van der Waals surface area contributed by atoms with Gasteiger partial charge in [0, 0.05) is 18.9 Å². The van der Waals surface area contributed by atoms with Crippen molar-refractivity contribution in [2.45, 2.75) is 32.5 Å². The van der Waals surface area contributed by atoms with Crippen LogP contribution in [0.4, 0.5) is 15.2 Å². The van der Waals surface area contributed by atoms with Gasteiger partial charge in [-0.05, 0) is 49.2 Å². The molecule has 1 aromatic heterocycles. The van der Waals surface area contributed by atoms with Gasteiger partial charge in [0.1, 0.15) is 24.8 Å². The van der Waals surface area contributed by atoms with Gasteiger partial charge in [0.15, 0.2) is 5.13 Å². The van der Waals surface area contributed by atoms with Gasteiger partial charge in [-0.15, -0.1) is 11.3 Å². The van der Waals surface area contributed by atoms with Crippen molar-refractivity contribution in [2.24, 2.45) is 0 Å². The molecule has 33 heavy (non-hydrogen) atoms. The lowest BCUT2D eigenvalue weighted by atomic mass is 10.2. The molecule has 4 rings (SSSR count). The third-order valence-electron chi connectivity index (χ3n) is 5.04. The first-order valence-corrected chi connectivity index (χ1v) is 11.4. The summed E-state index contributed by atoms with van der Waals surface area (Å²) < 4.78 is 30.8. The lowest BCUT2D eigenvalue weighted by molar-refractivity contribution is -0.115. The first-order valence-electron chi connectivity index (χ1n) is 10.5. The van der Waals surface area contributed by atoms with E-state index in [1.807, 2.05) is 0 Å². The summed E-state index contributed by atoms with van der Waals surface area (Å²) in [6, 6.07) is 12.7. The molecule has 0 N–H and O–H groups in total. The van der Waals surface area contributed by atoms with Crippen molar-refractivity contribution in [2.75, 3.05) is 18.1 Å². The largest absolute Gasteiger partial charge is 0.491 e. The minimum Gasteiger partial charge on any atom is -0.491 e. The van der Waals surface area contributed by atoms with Crippen LogP contribution in [0.1, 0.15) is 35.8 Å². The summed E-state index contributed by atoms with van der Waals surface area (Å²) in [5.74, 6) is -0.754. The highest BCUT2D eigenvalue weighted by atomic mass is 32.1. The van der Waals surface area contributed by atoms with E-state index in [1.165, 1.54) is 24.0 Å². The number of esters is 1. The number of carbonyl (C=O) groups is 2. The molecule has 1 fully saturated rings. The fraction of sp³-hybridized carbons (Fsp3) is 0.292. The van der Waals surface area contributed by atoms with Crippen LogP contribution in [0.3, 0.4) is 0 Å². The molecule has 0 saturated carbocycles. The zero-order valence-corrected chi connectivity index (χ0v) is 18.8. The molecule has 2 aromatic carbocycles. The van der Waals surface area contributed by atoms with Gasteiger partial charge in [-0.25, -0.2) is 14.2 Å². The Morgan fingerprint density at radius 2 is 2.00 bits per heavy atom. The second kappa shape index (κ2) is 10.5. The van der Waals surface area contributed by atoms with Gasteiger partial charge in [-0.1, -0.05) is 12.1 Å². The van der Waals surface area contributed by atoms with Crippen molar-refractivity contribution in [3.63, 3.8) is 0 Å². The summed E-state index contributed by atoms with van der Waals surface area (Å²) >= 11 is 1.16. The Morgan fingerprint density at radius 3 is 2.70 bits per heavy atom. The zero-order chi connectivity index (χ0) is 23.2. The third-order valence-corrected chi connectivity index (χ3v) is 5.91. The lowest BCUT2D eigenvalue weighted by Gasteiger charge is -2.18. The summed E-state index contributed by atoms with van der Waals surface area (Å²) in [5.41, 5.74) is 0.957. The maximum Gasteiger partial charge on any atom is 0.338 e. The van der Waals surface area contributed by atoms with Crippen LogP contribution in [0.25, 0.3) is 0 Å². The number of rotatable bonds is 8. The second-order valence-electron chi connectivity index (χ2n) is 7.47. The number of aromatic nitrogens is 1. The molecule has 1 aliphatic heterocycles. The molecule has 0 radical (unpaired) electrons. The standard InChI is InChI=1S/C24H23FN2O5S/c1-16(28)27(22-7-3-2-6-21(22)25)24-26-18(15-33-24)13-32-23(29)17-8-10-19(11-9-17)31-14-20-5-4-12-30-20/h2-3,6-11,15,20H,4-5,12-14H2,1H3. The Morgan fingerprint density at radius 1 is 1.21 bits per heavy atom. The quantitative estimate of drug-likeness (QED) is 0.437. The van der Waals surface area contributed by atoms with Crippen LogP contribution >= 0.6 is 11.3 Å². The first-order chi connectivity index (χ1) is 16.0. The highest BCUT2D eigenvalue weighted by molar-refractivity contribution is 7.14. The van der Waals surface area contributed by atoms with E-state index in [2.05, 4.69) is 4.98 Å². The number of hydrogen-bond acceptors (Lipinski definition) is 7. The van der Waals surface area contributed by atoms with Crippen molar-refractivity contribution in [1.29, 1.82) is 0 Å². The summed E-state index contributed by atoms with van der Waals surface area (Å²) in [6.45, 7) is 2.52. The third kappa shape index (κ3) is 5.74. The number of ether oxygens (including phenoxy) is 3. The van der Waals surface area contributed by atoms with Crippen LogP contribution in [-0.4, -0.2) is 36.2 Å². The molecule has 2 heterocycles. The maximum absolute atomic E-state index is 14.2. The Labute approximate surface area is 194 Å². The number of benzene rings is 2. The van der Waals surface area contributed by atoms with E-state index in [4.69, 9.17) is 14.2 Å². The van der Waals surface area contributed by atoms with Gasteiger partial charge in [0.2, 0.25) is 5.91 Å². The Hall–Kier alpha value is -3.30. The lowest BCUT2D eigenvalue weighted by Crippen LogP contribution is -2.23. The van der Waals surface area contributed by atoms with Gasteiger partial charge >= 0.3 is 5.97 Å². The number of thiazole rings is 1. The summed E-state index contributed by atoms with van der Waals surface area (Å²) in [6.07, 6.45) is 2.16. The van der Waals surface area contributed by atoms with Gasteiger partial charge in [0.05, 0.1) is 23.0 Å². The summed E-state index contributed by atoms with van der Waals surface area (Å²) in [4.78, 5) is 30.1. The average Bonchev–Trinajstić information content (AvgIpc) is 3.50. The van der Waals surface area contributed by atoms with Crippen LogP contribution in [0, 0.1) is 5.82 Å². The topological polar surface area (TPSA) is 78.0 Å². The van der Waals surface area contributed by atoms with E-state index >= 15 is 0 Å². The molecule has 0 bridgehead atoms. The fourth-order valence-electron chi connectivity index (χ4n) is 3.38. The molecule has 172 valence electrons. The molecular weight excluding hydrogens is 447 g/mol. The monoisotopic (exact) mass is 470 g/mol. The van der Waals surface area contributed by atoms with Crippen molar-refractivity contribution >= 4 is 34.0 Å². The predicted octanol–water partition coefficient (Wildman–Crippen LogP) is 4.88. The van der Waals surface area contributed by atoms with Crippen LogP contribution in [-0.2, 0) is 20.9 Å². The fourth-order valence-corrected chi connectivity index (χ4v) is 4.25. The molecule has 0 spiro atoms. The van der Waals surface area contributed by atoms with E-state index in [1.54, 1.807) is 41.8 Å². The van der Waals surface area contributed by atoms with Crippen molar-refractivity contribution in [1.82, 2.24) is 4.98 Å². The minimum atomic E-state index is -0.529. The van der Waals surface area contributed by atoms with E-state index in [-0.39, 0.29) is 24.3 Å². The number of anilines is 2. The van der Waals surface area contributed by atoms with Crippen LogP contribution in [0.2, 0.25) is 0 Å². The number of hydrogen-bond donors (Lipinski definition) is 0. The molecule has 1 atom stereocenters. The molecule has 7 nitrogen and oxygen atoms in total. The molecule has 1 unspecified atom stereocenters. The molecule has 1 saturated heterocycles. The molecule has 3 aromatic rings. The van der Waals surface area contributed by atoms with Crippen molar-refractivity contribution < 1.29 is 28.2 Å². The van der Waals surface area contributed by atoms with Crippen LogP contribution in [0.5, 0.6) is 5.75 Å². The number of amides is 1. The Balaban J connectivity index is 1.34. The first kappa shape index (κ1) is 22.9. The van der Waals surface area contributed by atoms with Crippen molar-refractivity contribution in [3.05, 3.63) is 71.0 Å². The van der Waals surface area contributed by atoms with Gasteiger partial charge in [-0.3, -0.25) is 9.69 Å². The van der Waals surface area contributed by atoms with E-state index in [0.29, 0.717) is 28.7 Å². The molecule has 9 heteroatoms. The average molecular weight is 471 g/mol. The molecular formula is C24H23FN2O5S. The summed E-state index contributed by atoms with van der Waals surface area (Å²) in [7, 11) is 0. The highest BCUT2D eigenvalue weighted by Gasteiger charge is 2.21. The van der Waals surface area contributed by atoms with E-state index < -0.39 is 11.8 Å². The van der Waals surface area contributed by atoms with E-state index in [9.17, 15) is 14.0 Å². The van der Waals surface area contributed by atoms with Crippen molar-refractivity contribution in [3.8, 4) is 5.75 Å². The number of nitrogens with zero attached hydrogens (tertiary/aromatic N) is 2. The summed E-state index contributed by atoms with van der Waals surface area (Å²) in [5, 5.41) is 1.97. The maximum atomic E-state index is 14.2. The van der Waals surface area contributed by atoms with Gasteiger partial charge in [-0.2, -0.15) is 0 Å². The number of para-hydroxylation sites is 1. The zero-order valence-electron chi connectivity index (χ0n) is 18.0.